The van der Waals surface area contributed by atoms with E-state index >= 15 is 0 Å². The third-order valence-corrected chi connectivity index (χ3v) is 7.02. The summed E-state index contributed by atoms with van der Waals surface area (Å²) in [6.45, 7) is 0.650. The van der Waals surface area contributed by atoms with Gasteiger partial charge in [0.15, 0.2) is 9.84 Å². The summed E-state index contributed by atoms with van der Waals surface area (Å²) >= 11 is 0. The third-order valence-electron chi connectivity index (χ3n) is 4.74. The van der Waals surface area contributed by atoms with Crippen LogP contribution in [0.3, 0.4) is 0 Å². The molecule has 1 aliphatic heterocycles. The number of nitrogens with one attached hydrogen (secondary N) is 1. The van der Waals surface area contributed by atoms with Gasteiger partial charge in [-0.25, -0.2) is 8.42 Å². The fourth-order valence-corrected chi connectivity index (χ4v) is 4.93. The Labute approximate surface area is 159 Å². The van der Waals surface area contributed by atoms with E-state index in [-0.39, 0.29) is 18.4 Å². The Morgan fingerprint density at radius 3 is 2.07 bits per heavy atom. The van der Waals surface area contributed by atoms with Gasteiger partial charge in [-0.3, -0.25) is 9.59 Å². The molecule has 0 bridgehead atoms. The molecule has 0 saturated carbocycles. The molecule has 27 heavy (non-hydrogen) atoms. The van der Waals surface area contributed by atoms with Crippen molar-refractivity contribution in [2.45, 2.75) is 23.0 Å². The van der Waals surface area contributed by atoms with Crippen LogP contribution in [0.2, 0.25) is 0 Å². The van der Waals surface area contributed by atoms with E-state index in [2.05, 4.69) is 5.32 Å². The lowest BCUT2D eigenvalue weighted by molar-refractivity contribution is -0.130. The van der Waals surface area contributed by atoms with Crippen molar-refractivity contribution in [2.24, 2.45) is 0 Å². The van der Waals surface area contributed by atoms with E-state index in [1.54, 1.807) is 59.5 Å². The van der Waals surface area contributed by atoms with Gasteiger partial charge in [-0.2, -0.15) is 0 Å². The van der Waals surface area contributed by atoms with Crippen LogP contribution in [-0.2, 0) is 14.6 Å². The highest BCUT2D eigenvalue weighted by Gasteiger charge is 2.32. The van der Waals surface area contributed by atoms with Crippen LogP contribution in [0.15, 0.2) is 65.6 Å². The van der Waals surface area contributed by atoms with Crippen LogP contribution in [0.5, 0.6) is 0 Å². The summed E-state index contributed by atoms with van der Waals surface area (Å²) in [5.41, 5.74) is 0.498. The predicted octanol–water partition coefficient (Wildman–Crippen LogP) is 1.88. The van der Waals surface area contributed by atoms with Crippen molar-refractivity contribution >= 4 is 21.7 Å². The van der Waals surface area contributed by atoms with Crippen molar-refractivity contribution in [3.05, 3.63) is 66.2 Å². The molecule has 0 spiro atoms. The summed E-state index contributed by atoms with van der Waals surface area (Å²) < 4.78 is 25.4. The van der Waals surface area contributed by atoms with Gasteiger partial charge >= 0.3 is 0 Å². The van der Waals surface area contributed by atoms with Gasteiger partial charge in [0, 0.05) is 18.7 Å². The molecule has 3 rings (SSSR count). The average Bonchev–Trinajstić information content (AvgIpc) is 2.73. The standard InChI is InChI=1S/C20H22N2O4S/c23-19(15-21-20(24)16-7-3-1-4-8-16)22-13-11-18(12-14-22)27(25,26)17-9-5-2-6-10-17/h1-10,18H,11-15H2,(H,21,24). The van der Waals surface area contributed by atoms with Gasteiger partial charge < -0.3 is 10.2 Å². The molecule has 1 aliphatic rings. The molecule has 0 unspecified atom stereocenters. The topological polar surface area (TPSA) is 83.6 Å². The molecule has 0 aromatic heterocycles. The largest absolute Gasteiger partial charge is 0.343 e. The van der Waals surface area contributed by atoms with E-state index in [4.69, 9.17) is 0 Å². The van der Waals surface area contributed by atoms with Crippen molar-refractivity contribution in [1.82, 2.24) is 10.2 Å². The van der Waals surface area contributed by atoms with Gasteiger partial charge in [-0.15, -0.1) is 0 Å². The van der Waals surface area contributed by atoms with Crippen molar-refractivity contribution in [3.8, 4) is 0 Å². The zero-order valence-corrected chi connectivity index (χ0v) is 15.7. The van der Waals surface area contributed by atoms with Gasteiger partial charge in [-0.1, -0.05) is 36.4 Å². The lowest BCUT2D eigenvalue weighted by atomic mass is 10.1. The number of hydrogen-bond donors (Lipinski definition) is 1. The number of hydrogen-bond acceptors (Lipinski definition) is 4. The molecule has 2 aromatic carbocycles. The minimum absolute atomic E-state index is 0.0934. The minimum Gasteiger partial charge on any atom is -0.343 e. The highest BCUT2D eigenvalue weighted by atomic mass is 32.2. The van der Waals surface area contributed by atoms with E-state index in [0.29, 0.717) is 36.4 Å². The molecule has 7 heteroatoms. The van der Waals surface area contributed by atoms with Crippen LogP contribution >= 0.6 is 0 Å². The summed E-state index contributed by atoms with van der Waals surface area (Å²) in [6, 6.07) is 17.1. The lowest BCUT2D eigenvalue weighted by Gasteiger charge is -2.31. The smallest absolute Gasteiger partial charge is 0.251 e. The first kappa shape index (κ1) is 19.1. The maximum absolute atomic E-state index is 12.7. The van der Waals surface area contributed by atoms with Gasteiger partial charge in [-0.05, 0) is 37.1 Å². The molecular formula is C20H22N2O4S. The molecule has 0 aliphatic carbocycles. The lowest BCUT2D eigenvalue weighted by Crippen LogP contribution is -2.46. The second-order valence-corrected chi connectivity index (χ2v) is 8.71. The van der Waals surface area contributed by atoms with Crippen LogP contribution in [0.25, 0.3) is 0 Å². The summed E-state index contributed by atoms with van der Waals surface area (Å²) in [7, 11) is -3.38. The van der Waals surface area contributed by atoms with Crippen LogP contribution in [0.4, 0.5) is 0 Å². The number of piperidine rings is 1. The van der Waals surface area contributed by atoms with Crippen molar-refractivity contribution < 1.29 is 18.0 Å². The third kappa shape index (κ3) is 4.54. The molecule has 6 nitrogen and oxygen atoms in total. The Kier molecular flexibility index (Phi) is 5.91. The highest BCUT2D eigenvalue weighted by Crippen LogP contribution is 2.24. The Bertz CT molecular complexity index is 890. The van der Waals surface area contributed by atoms with Gasteiger partial charge in [0.05, 0.1) is 16.7 Å². The second-order valence-electron chi connectivity index (χ2n) is 6.49. The Hall–Kier alpha value is -2.67. The van der Waals surface area contributed by atoms with Crippen LogP contribution in [0.1, 0.15) is 23.2 Å². The zero-order valence-electron chi connectivity index (χ0n) is 14.9. The summed E-state index contributed by atoms with van der Waals surface area (Å²) in [5.74, 6) is -0.500. The minimum atomic E-state index is -3.38. The van der Waals surface area contributed by atoms with Crippen LogP contribution in [-0.4, -0.2) is 50.0 Å². The van der Waals surface area contributed by atoms with E-state index in [9.17, 15) is 18.0 Å². The number of rotatable bonds is 5. The molecular weight excluding hydrogens is 364 g/mol. The average molecular weight is 386 g/mol. The number of carbonyl (C=O) groups excluding carboxylic acids is 2. The SMILES string of the molecule is O=C(NCC(=O)N1CCC(S(=O)(=O)c2ccccc2)CC1)c1ccccc1. The quantitative estimate of drug-likeness (QED) is 0.850. The Morgan fingerprint density at radius 2 is 1.48 bits per heavy atom. The van der Waals surface area contributed by atoms with E-state index in [0.717, 1.165) is 0 Å². The Balaban J connectivity index is 1.51. The molecule has 142 valence electrons. The first-order valence-corrected chi connectivity index (χ1v) is 10.4. The number of amides is 2. The number of benzene rings is 2. The maximum atomic E-state index is 12.7. The summed E-state index contributed by atoms with van der Waals surface area (Å²) in [5, 5.41) is 2.13. The first-order chi connectivity index (χ1) is 13.0. The fourth-order valence-electron chi connectivity index (χ4n) is 3.18. The highest BCUT2D eigenvalue weighted by molar-refractivity contribution is 7.92. The first-order valence-electron chi connectivity index (χ1n) is 8.88. The van der Waals surface area contributed by atoms with Gasteiger partial charge in [0.25, 0.3) is 5.91 Å². The number of likely N-dealkylation sites (tertiary alicyclic amines) is 1. The molecule has 1 saturated heterocycles. The van der Waals surface area contributed by atoms with Gasteiger partial charge in [0.2, 0.25) is 5.91 Å². The van der Waals surface area contributed by atoms with E-state index in [1.165, 1.54) is 0 Å². The predicted molar refractivity (Wildman–Crippen MR) is 102 cm³/mol. The van der Waals surface area contributed by atoms with E-state index in [1.807, 2.05) is 6.07 Å². The number of carbonyl (C=O) groups is 2. The molecule has 1 N–H and O–H groups in total. The maximum Gasteiger partial charge on any atom is 0.251 e. The molecule has 2 aromatic rings. The monoisotopic (exact) mass is 386 g/mol. The molecule has 2 amide bonds. The Morgan fingerprint density at radius 1 is 0.926 bits per heavy atom. The second kappa shape index (κ2) is 8.35. The van der Waals surface area contributed by atoms with Gasteiger partial charge in [0.1, 0.15) is 0 Å². The van der Waals surface area contributed by atoms with Crippen LogP contribution < -0.4 is 5.32 Å². The van der Waals surface area contributed by atoms with Crippen LogP contribution in [0, 0.1) is 0 Å². The molecule has 0 atom stereocenters. The number of sulfone groups is 1. The summed E-state index contributed by atoms with van der Waals surface area (Å²) in [4.78, 5) is 26.3. The molecule has 1 fully saturated rings. The fraction of sp³-hybridized carbons (Fsp3) is 0.300. The van der Waals surface area contributed by atoms with E-state index < -0.39 is 15.1 Å². The van der Waals surface area contributed by atoms with Crippen molar-refractivity contribution in [3.63, 3.8) is 0 Å². The number of nitrogens with zero attached hydrogens (tertiary/aromatic N) is 1. The normalized spacial score (nSPS) is 15.3. The molecule has 0 radical (unpaired) electrons. The van der Waals surface area contributed by atoms with Crippen molar-refractivity contribution in [1.29, 1.82) is 0 Å². The zero-order chi connectivity index (χ0) is 19.3. The molecule has 1 heterocycles. The van der Waals surface area contributed by atoms with Crippen molar-refractivity contribution in [2.75, 3.05) is 19.6 Å². The summed E-state index contributed by atoms with van der Waals surface area (Å²) in [6.07, 6.45) is 0.797.